The molecule has 0 saturated carbocycles. The molecule has 1 heterocycles. The third-order valence-electron chi connectivity index (χ3n) is 3.13. The summed E-state index contributed by atoms with van der Waals surface area (Å²) in [7, 11) is 0. The lowest BCUT2D eigenvalue weighted by molar-refractivity contribution is -0.166. The number of hydrogen-bond acceptors (Lipinski definition) is 3. The fraction of sp³-hybridized carbons (Fsp3) is 0.400. The quantitative estimate of drug-likeness (QED) is 0.626. The topological polar surface area (TPSA) is 51.3 Å². The molecule has 0 aliphatic heterocycles. The van der Waals surface area contributed by atoms with E-state index in [1.165, 1.54) is 0 Å². The summed E-state index contributed by atoms with van der Waals surface area (Å²) in [5.74, 6) is -4.15. The highest BCUT2D eigenvalue weighted by atomic mass is 19.3. The number of aromatic nitrogens is 1. The average molecular weight is 333 g/mol. The smallest absolute Gasteiger partial charge is 0.330 e. The Bertz CT molecular complexity index is 730. The van der Waals surface area contributed by atoms with Gasteiger partial charge in [-0.2, -0.15) is 8.78 Å². The first-order valence-corrected chi connectivity index (χ1v) is 6.81. The second-order valence-electron chi connectivity index (χ2n) is 4.92. The second kappa shape index (κ2) is 6.99. The first-order chi connectivity index (χ1) is 10.8. The molecule has 0 spiro atoms. The molecule has 0 aliphatic carbocycles. The molecule has 2 rings (SSSR count). The third-order valence-corrected chi connectivity index (χ3v) is 3.13. The first-order valence-electron chi connectivity index (χ1n) is 6.81. The highest BCUT2D eigenvalue weighted by Gasteiger charge is 2.40. The normalized spacial score (nSPS) is 12.1. The predicted molar refractivity (Wildman–Crippen MR) is 76.6 cm³/mol. The number of H-pyrrole nitrogens is 1. The monoisotopic (exact) mass is 333 g/mol. The molecule has 0 unspecified atom stereocenters. The summed E-state index contributed by atoms with van der Waals surface area (Å²) in [5, 5.41) is 0.429. The highest BCUT2D eigenvalue weighted by molar-refractivity contribution is 5.80. The minimum absolute atomic E-state index is 0.0490. The minimum atomic E-state index is -4.20. The van der Waals surface area contributed by atoms with Crippen LogP contribution >= 0.6 is 0 Å². The van der Waals surface area contributed by atoms with Crippen LogP contribution in [0.1, 0.15) is 5.69 Å². The van der Waals surface area contributed by atoms with Crippen LogP contribution in [0.25, 0.3) is 10.9 Å². The zero-order valence-electron chi connectivity index (χ0n) is 12.2. The molecule has 1 N–H and O–H groups in total. The molecule has 23 heavy (non-hydrogen) atoms. The molecule has 0 radical (unpaired) electrons. The van der Waals surface area contributed by atoms with Crippen molar-refractivity contribution in [3.63, 3.8) is 0 Å². The molecule has 0 bridgehead atoms. The van der Waals surface area contributed by atoms with Crippen LogP contribution in [-0.2, 0) is 4.74 Å². The van der Waals surface area contributed by atoms with Crippen LogP contribution < -0.4 is 10.2 Å². The number of rotatable bonds is 7. The van der Waals surface area contributed by atoms with E-state index in [0.29, 0.717) is 16.6 Å². The lowest BCUT2D eigenvalue weighted by Gasteiger charge is -2.15. The Morgan fingerprint density at radius 1 is 1.22 bits per heavy atom. The molecule has 2 aromatic rings. The lowest BCUT2D eigenvalue weighted by Crippen LogP contribution is -2.33. The second-order valence-corrected chi connectivity index (χ2v) is 4.92. The van der Waals surface area contributed by atoms with Crippen LogP contribution in [0.2, 0.25) is 0 Å². The fourth-order valence-electron chi connectivity index (χ4n) is 1.99. The summed E-state index contributed by atoms with van der Waals surface area (Å²) in [5.41, 5.74) is 0.788. The minimum Gasteiger partial charge on any atom is -0.485 e. The number of benzene rings is 1. The number of hydrogen-bond donors (Lipinski definition) is 1. The van der Waals surface area contributed by atoms with Gasteiger partial charge in [-0.1, -0.05) is 12.1 Å². The van der Waals surface area contributed by atoms with Crippen molar-refractivity contribution in [3.05, 3.63) is 40.2 Å². The summed E-state index contributed by atoms with van der Waals surface area (Å²) in [6.45, 7) is -0.314. The van der Waals surface area contributed by atoms with Gasteiger partial charge in [0.2, 0.25) is 5.43 Å². The Kier molecular flexibility index (Phi) is 5.25. The number of pyridine rings is 1. The molecule has 0 fully saturated rings. The van der Waals surface area contributed by atoms with Gasteiger partial charge in [0.15, 0.2) is 5.75 Å². The van der Waals surface area contributed by atoms with Gasteiger partial charge in [-0.25, -0.2) is 8.78 Å². The van der Waals surface area contributed by atoms with Crippen molar-refractivity contribution in [3.8, 4) is 5.75 Å². The van der Waals surface area contributed by atoms with Crippen molar-refractivity contribution in [2.75, 3.05) is 19.8 Å². The van der Waals surface area contributed by atoms with E-state index in [0.717, 1.165) is 0 Å². The van der Waals surface area contributed by atoms with E-state index in [4.69, 9.17) is 4.74 Å². The molecule has 8 heteroatoms. The number of halogens is 4. The van der Waals surface area contributed by atoms with E-state index in [2.05, 4.69) is 9.72 Å². The average Bonchev–Trinajstić information content (AvgIpc) is 2.49. The molecule has 0 saturated heterocycles. The number of aromatic amines is 1. The van der Waals surface area contributed by atoms with E-state index in [1.54, 1.807) is 31.2 Å². The Balaban J connectivity index is 1.97. The van der Waals surface area contributed by atoms with E-state index in [1.807, 2.05) is 0 Å². The van der Waals surface area contributed by atoms with Crippen LogP contribution in [0.4, 0.5) is 17.6 Å². The zero-order valence-corrected chi connectivity index (χ0v) is 12.2. The molecule has 0 amide bonds. The van der Waals surface area contributed by atoms with Gasteiger partial charge >= 0.3 is 12.3 Å². The van der Waals surface area contributed by atoms with Crippen molar-refractivity contribution < 1.29 is 27.0 Å². The highest BCUT2D eigenvalue weighted by Crippen LogP contribution is 2.22. The summed E-state index contributed by atoms with van der Waals surface area (Å²) < 4.78 is 58.9. The van der Waals surface area contributed by atoms with Gasteiger partial charge in [0.1, 0.15) is 13.2 Å². The van der Waals surface area contributed by atoms with E-state index >= 15 is 0 Å². The zero-order chi connectivity index (χ0) is 17.0. The summed E-state index contributed by atoms with van der Waals surface area (Å²) in [6, 6.07) is 6.84. The number of fused-ring (bicyclic) bond motifs is 1. The Hall–Kier alpha value is -2.09. The maximum Gasteiger partial charge on any atom is 0.330 e. The Morgan fingerprint density at radius 3 is 2.61 bits per heavy atom. The Morgan fingerprint density at radius 2 is 1.91 bits per heavy atom. The van der Waals surface area contributed by atoms with Crippen molar-refractivity contribution in [2.24, 2.45) is 0 Å². The SMILES string of the molecule is Cc1[nH]c2ccccc2c(=O)c1OCCOCC(F)(F)C(F)F. The Labute approximate surface area is 129 Å². The van der Waals surface area contributed by atoms with E-state index < -0.39 is 19.0 Å². The van der Waals surface area contributed by atoms with Crippen LogP contribution in [0.15, 0.2) is 29.1 Å². The molecular formula is C15H15F4NO3. The third kappa shape index (κ3) is 4.01. The molecule has 0 aliphatic rings. The molecule has 4 nitrogen and oxygen atoms in total. The molecule has 0 atom stereocenters. The first kappa shape index (κ1) is 17.3. The number of ether oxygens (including phenoxy) is 2. The van der Waals surface area contributed by atoms with Gasteiger partial charge in [0.25, 0.3) is 0 Å². The van der Waals surface area contributed by atoms with Crippen molar-refractivity contribution in [1.29, 1.82) is 0 Å². The standard InChI is InChI=1S/C15H15F4NO3/c1-9-13(12(21)10-4-2-3-5-11(10)20-9)23-7-6-22-8-15(18,19)14(16)17/h2-5,14H,6-8H2,1H3,(H,20,21). The summed E-state index contributed by atoms with van der Waals surface area (Å²) in [4.78, 5) is 15.3. The molecule has 1 aromatic carbocycles. The van der Waals surface area contributed by atoms with Gasteiger partial charge in [0, 0.05) is 10.9 Å². The van der Waals surface area contributed by atoms with Gasteiger partial charge in [-0.05, 0) is 19.1 Å². The number of para-hydroxylation sites is 1. The van der Waals surface area contributed by atoms with Crippen molar-refractivity contribution in [1.82, 2.24) is 4.98 Å². The van der Waals surface area contributed by atoms with E-state index in [9.17, 15) is 22.4 Å². The lowest BCUT2D eigenvalue weighted by atomic mass is 10.2. The summed E-state index contributed by atoms with van der Waals surface area (Å²) in [6.07, 6.45) is -3.78. The van der Waals surface area contributed by atoms with Crippen LogP contribution in [0.3, 0.4) is 0 Å². The van der Waals surface area contributed by atoms with Crippen LogP contribution in [0, 0.1) is 6.92 Å². The van der Waals surface area contributed by atoms with Crippen molar-refractivity contribution in [2.45, 2.75) is 19.3 Å². The van der Waals surface area contributed by atoms with Gasteiger partial charge in [0.05, 0.1) is 12.3 Å². The molecule has 126 valence electrons. The van der Waals surface area contributed by atoms with Gasteiger partial charge in [-0.3, -0.25) is 4.79 Å². The van der Waals surface area contributed by atoms with E-state index in [-0.39, 0.29) is 24.4 Å². The largest absolute Gasteiger partial charge is 0.485 e. The number of alkyl halides is 4. The van der Waals surface area contributed by atoms with Crippen LogP contribution in [-0.4, -0.2) is 37.2 Å². The predicted octanol–water partition coefficient (Wildman–Crippen LogP) is 3.13. The number of nitrogens with one attached hydrogen (secondary N) is 1. The molecular weight excluding hydrogens is 318 g/mol. The number of aryl methyl sites for hydroxylation is 1. The molecule has 1 aromatic heterocycles. The summed E-state index contributed by atoms with van der Waals surface area (Å²) >= 11 is 0. The fourth-order valence-corrected chi connectivity index (χ4v) is 1.99. The van der Waals surface area contributed by atoms with Crippen molar-refractivity contribution >= 4 is 10.9 Å². The van der Waals surface area contributed by atoms with Gasteiger partial charge in [-0.15, -0.1) is 0 Å². The van der Waals surface area contributed by atoms with Crippen LogP contribution in [0.5, 0.6) is 5.75 Å². The maximum absolute atomic E-state index is 12.6. The maximum atomic E-state index is 12.6. The van der Waals surface area contributed by atoms with Gasteiger partial charge < -0.3 is 14.5 Å².